The molecule has 1 atom stereocenters. The fourth-order valence-corrected chi connectivity index (χ4v) is 0.756. The lowest BCUT2D eigenvalue weighted by atomic mass is 10.2. The van der Waals surface area contributed by atoms with Crippen LogP contribution in [0.5, 0.6) is 0 Å². The van der Waals surface area contributed by atoms with Crippen molar-refractivity contribution < 1.29 is 5.11 Å². The molecule has 0 fully saturated rings. The Kier molecular flexibility index (Phi) is 2.42. The van der Waals surface area contributed by atoms with Crippen LogP contribution < -0.4 is 5.73 Å². The molecule has 0 aliphatic heterocycles. The molecule has 56 valence electrons. The molecule has 0 unspecified atom stereocenters. The fraction of sp³-hybridized carbons (Fsp3) is 0.500. The van der Waals surface area contributed by atoms with Crippen molar-refractivity contribution in [2.45, 2.75) is 12.5 Å². The quantitative estimate of drug-likeness (QED) is 0.545. The summed E-state index contributed by atoms with van der Waals surface area (Å²) in [5.74, 6) is 0.731. The number of nitrogens with two attached hydrogens (primary N) is 1. The summed E-state index contributed by atoms with van der Waals surface area (Å²) in [7, 11) is 0. The number of hydrogen-bond acceptors (Lipinski definition) is 3. The van der Waals surface area contributed by atoms with Crippen LogP contribution in [-0.4, -0.2) is 21.7 Å². The number of nitrogens with zero attached hydrogens (tertiary/aromatic N) is 1. The molecule has 0 aliphatic rings. The second kappa shape index (κ2) is 3.34. The van der Waals surface area contributed by atoms with E-state index in [4.69, 9.17) is 10.8 Å². The zero-order valence-electron chi connectivity index (χ0n) is 5.62. The van der Waals surface area contributed by atoms with Crippen LogP contribution in [0.25, 0.3) is 0 Å². The highest BCUT2D eigenvalue weighted by Crippen LogP contribution is 2.05. The summed E-state index contributed by atoms with van der Waals surface area (Å²) in [5.41, 5.74) is 5.60. The van der Waals surface area contributed by atoms with E-state index in [0.29, 0.717) is 6.42 Å². The predicted octanol–water partition coefficient (Wildman–Crippen LogP) is -0.208. The van der Waals surface area contributed by atoms with Gasteiger partial charge in [-0.2, -0.15) is 0 Å². The van der Waals surface area contributed by atoms with Gasteiger partial charge in [-0.3, -0.25) is 0 Å². The minimum absolute atomic E-state index is 0.0991. The van der Waals surface area contributed by atoms with Gasteiger partial charge in [0, 0.05) is 19.0 Å². The Labute approximate surface area is 59.1 Å². The topological polar surface area (TPSA) is 74.9 Å². The lowest BCUT2D eigenvalue weighted by molar-refractivity contribution is 0.275. The van der Waals surface area contributed by atoms with Crippen LogP contribution in [-0.2, 0) is 0 Å². The van der Waals surface area contributed by atoms with E-state index < -0.39 is 0 Å². The third-order valence-corrected chi connectivity index (χ3v) is 1.31. The van der Waals surface area contributed by atoms with E-state index in [1.54, 1.807) is 12.4 Å². The molecular weight excluding hydrogens is 130 g/mol. The molecule has 0 bridgehead atoms. The summed E-state index contributed by atoms with van der Waals surface area (Å²) >= 11 is 0. The molecular formula is C6H11N3O. The van der Waals surface area contributed by atoms with Crippen molar-refractivity contribution in [3.63, 3.8) is 0 Å². The Hall–Kier alpha value is -0.870. The number of rotatable bonds is 3. The molecule has 0 aromatic carbocycles. The first-order valence-corrected chi connectivity index (χ1v) is 3.20. The van der Waals surface area contributed by atoms with E-state index in [1.165, 1.54) is 0 Å². The van der Waals surface area contributed by atoms with Crippen LogP contribution in [0.1, 0.15) is 18.3 Å². The van der Waals surface area contributed by atoms with Gasteiger partial charge in [-0.15, -0.1) is 0 Å². The molecule has 1 heterocycles. The highest BCUT2D eigenvalue weighted by Gasteiger charge is 2.05. The largest absolute Gasteiger partial charge is 0.396 e. The maximum atomic E-state index is 8.51. The van der Waals surface area contributed by atoms with Gasteiger partial charge in [0.1, 0.15) is 5.82 Å². The molecule has 1 rings (SSSR count). The van der Waals surface area contributed by atoms with Crippen LogP contribution >= 0.6 is 0 Å². The summed E-state index contributed by atoms with van der Waals surface area (Å²) < 4.78 is 0. The SMILES string of the molecule is N[C@@H](CCO)c1ncc[nH]1. The van der Waals surface area contributed by atoms with Crippen molar-refractivity contribution in [1.29, 1.82) is 0 Å². The van der Waals surface area contributed by atoms with Crippen LogP contribution in [0.3, 0.4) is 0 Å². The van der Waals surface area contributed by atoms with Crippen molar-refractivity contribution in [2.24, 2.45) is 5.73 Å². The van der Waals surface area contributed by atoms with Crippen molar-refractivity contribution in [1.82, 2.24) is 9.97 Å². The molecule has 4 nitrogen and oxygen atoms in total. The number of hydrogen-bond donors (Lipinski definition) is 3. The summed E-state index contributed by atoms with van der Waals surface area (Å²) in [5, 5.41) is 8.51. The average molecular weight is 141 g/mol. The third kappa shape index (κ3) is 1.55. The van der Waals surface area contributed by atoms with Gasteiger partial charge in [0.05, 0.1) is 6.04 Å². The smallest absolute Gasteiger partial charge is 0.123 e. The number of nitrogens with one attached hydrogen (secondary N) is 1. The summed E-state index contributed by atoms with van der Waals surface area (Å²) in [6.45, 7) is 0.0991. The summed E-state index contributed by atoms with van der Waals surface area (Å²) in [6.07, 6.45) is 3.91. The number of aliphatic hydroxyl groups is 1. The Morgan fingerprint density at radius 1 is 1.80 bits per heavy atom. The van der Waals surface area contributed by atoms with Gasteiger partial charge in [-0.1, -0.05) is 0 Å². The Bertz CT molecular complexity index is 173. The Balaban J connectivity index is 2.50. The highest BCUT2D eigenvalue weighted by molar-refractivity contribution is 4.93. The molecule has 0 aliphatic carbocycles. The minimum atomic E-state index is -0.167. The predicted molar refractivity (Wildman–Crippen MR) is 37.2 cm³/mol. The van der Waals surface area contributed by atoms with Gasteiger partial charge in [-0.05, 0) is 6.42 Å². The van der Waals surface area contributed by atoms with Crippen LogP contribution in [0.4, 0.5) is 0 Å². The van der Waals surface area contributed by atoms with Crippen molar-refractivity contribution in [3.05, 3.63) is 18.2 Å². The van der Waals surface area contributed by atoms with Crippen LogP contribution in [0, 0.1) is 0 Å². The Morgan fingerprint density at radius 3 is 3.10 bits per heavy atom. The number of imidazole rings is 1. The molecule has 4 N–H and O–H groups in total. The lowest BCUT2D eigenvalue weighted by Gasteiger charge is -2.04. The van der Waals surface area contributed by atoms with E-state index >= 15 is 0 Å². The van der Waals surface area contributed by atoms with Gasteiger partial charge in [0.15, 0.2) is 0 Å². The zero-order valence-corrected chi connectivity index (χ0v) is 5.62. The molecule has 0 spiro atoms. The molecule has 0 amide bonds. The summed E-state index contributed by atoms with van der Waals surface area (Å²) in [4.78, 5) is 6.82. The number of aromatic amines is 1. The van der Waals surface area contributed by atoms with Gasteiger partial charge in [0.25, 0.3) is 0 Å². The number of aromatic nitrogens is 2. The second-order valence-electron chi connectivity index (χ2n) is 2.09. The molecule has 1 aromatic heterocycles. The number of aliphatic hydroxyl groups excluding tert-OH is 1. The van der Waals surface area contributed by atoms with E-state index in [-0.39, 0.29) is 12.6 Å². The van der Waals surface area contributed by atoms with E-state index in [9.17, 15) is 0 Å². The van der Waals surface area contributed by atoms with Gasteiger partial charge in [0.2, 0.25) is 0 Å². The Morgan fingerprint density at radius 2 is 2.60 bits per heavy atom. The van der Waals surface area contributed by atoms with Crippen molar-refractivity contribution >= 4 is 0 Å². The third-order valence-electron chi connectivity index (χ3n) is 1.31. The molecule has 0 saturated heterocycles. The normalized spacial score (nSPS) is 13.4. The van der Waals surface area contributed by atoms with Gasteiger partial charge < -0.3 is 15.8 Å². The maximum absolute atomic E-state index is 8.51. The first-order chi connectivity index (χ1) is 4.84. The van der Waals surface area contributed by atoms with E-state index in [1.807, 2.05) is 0 Å². The second-order valence-corrected chi connectivity index (χ2v) is 2.09. The zero-order chi connectivity index (χ0) is 7.40. The number of H-pyrrole nitrogens is 1. The monoisotopic (exact) mass is 141 g/mol. The summed E-state index contributed by atoms with van der Waals surface area (Å²) in [6, 6.07) is -0.167. The first-order valence-electron chi connectivity index (χ1n) is 3.20. The maximum Gasteiger partial charge on any atom is 0.123 e. The molecule has 0 saturated carbocycles. The van der Waals surface area contributed by atoms with E-state index in [2.05, 4.69) is 9.97 Å². The van der Waals surface area contributed by atoms with Crippen LogP contribution in [0.2, 0.25) is 0 Å². The molecule has 0 radical (unpaired) electrons. The minimum Gasteiger partial charge on any atom is -0.396 e. The molecule has 4 heteroatoms. The van der Waals surface area contributed by atoms with Crippen LogP contribution in [0.15, 0.2) is 12.4 Å². The average Bonchev–Trinajstić information content (AvgIpc) is 2.38. The van der Waals surface area contributed by atoms with Crippen molar-refractivity contribution in [3.8, 4) is 0 Å². The van der Waals surface area contributed by atoms with E-state index in [0.717, 1.165) is 5.82 Å². The van der Waals surface area contributed by atoms with Crippen molar-refractivity contribution in [2.75, 3.05) is 6.61 Å². The van der Waals surface area contributed by atoms with Gasteiger partial charge in [-0.25, -0.2) is 4.98 Å². The standard InChI is InChI=1S/C6H11N3O/c7-5(1-4-10)6-8-2-3-9-6/h2-3,5,10H,1,4,7H2,(H,8,9)/t5-/m0/s1. The fourth-order valence-electron chi connectivity index (χ4n) is 0.756. The van der Waals surface area contributed by atoms with Gasteiger partial charge >= 0.3 is 0 Å². The highest BCUT2D eigenvalue weighted by atomic mass is 16.3. The molecule has 10 heavy (non-hydrogen) atoms. The first kappa shape index (κ1) is 7.24. The molecule has 1 aromatic rings. The lowest BCUT2D eigenvalue weighted by Crippen LogP contribution is -2.13.